The number of ether oxygens (including phenoxy) is 1. The number of hydrogen-bond acceptors (Lipinski definition) is 6. The van der Waals surface area contributed by atoms with Gasteiger partial charge in [0, 0.05) is 22.2 Å². The Morgan fingerprint density at radius 1 is 1.00 bits per heavy atom. The van der Waals surface area contributed by atoms with Gasteiger partial charge in [-0.15, -0.1) is 11.8 Å². The Labute approximate surface area is 189 Å². The Balaban J connectivity index is 1.68. The van der Waals surface area contributed by atoms with Gasteiger partial charge in [0.15, 0.2) is 0 Å². The second-order valence-electron chi connectivity index (χ2n) is 6.47. The van der Waals surface area contributed by atoms with Crippen molar-refractivity contribution in [3.05, 3.63) is 90.0 Å². The summed E-state index contributed by atoms with van der Waals surface area (Å²) in [5, 5.41) is 5.40. The van der Waals surface area contributed by atoms with Gasteiger partial charge in [-0.1, -0.05) is 18.2 Å². The van der Waals surface area contributed by atoms with Crippen LogP contribution in [-0.2, 0) is 14.3 Å². The zero-order chi connectivity index (χ0) is 22.8. The number of carbonyl (C=O) groups excluding carboxylic acids is 3. The van der Waals surface area contributed by atoms with E-state index in [0.717, 1.165) is 4.90 Å². The average Bonchev–Trinajstić information content (AvgIpc) is 3.32. The number of hydrogen-bond donors (Lipinski definition) is 2. The van der Waals surface area contributed by atoms with Crippen LogP contribution in [0.15, 0.2) is 88.0 Å². The van der Waals surface area contributed by atoms with Gasteiger partial charge in [0.1, 0.15) is 11.5 Å². The lowest BCUT2D eigenvalue weighted by Gasteiger charge is -2.11. The molecular weight excluding hydrogens is 428 g/mol. The topological polar surface area (TPSA) is 97.6 Å². The fraction of sp³-hybridized carbons (Fsp3) is 0.125. The van der Waals surface area contributed by atoms with E-state index in [1.54, 1.807) is 73.7 Å². The second-order valence-corrected chi connectivity index (χ2v) is 7.51. The molecule has 0 radical (unpaired) electrons. The summed E-state index contributed by atoms with van der Waals surface area (Å²) in [6.07, 6.45) is 2.94. The number of furan rings is 1. The minimum atomic E-state index is -0.502. The first-order chi connectivity index (χ1) is 15.5. The maximum atomic E-state index is 12.9. The Kier molecular flexibility index (Phi) is 8.28. The highest BCUT2D eigenvalue weighted by Gasteiger charge is 2.15. The zero-order valence-corrected chi connectivity index (χ0v) is 18.2. The van der Waals surface area contributed by atoms with Crippen LogP contribution in [0.1, 0.15) is 23.0 Å². The smallest absolute Gasteiger partial charge is 0.316 e. The lowest BCUT2D eigenvalue weighted by atomic mass is 10.2. The van der Waals surface area contributed by atoms with Crippen molar-refractivity contribution in [3.8, 4) is 0 Å². The van der Waals surface area contributed by atoms with Crippen LogP contribution in [0.4, 0.5) is 5.69 Å². The van der Waals surface area contributed by atoms with E-state index in [4.69, 9.17) is 9.15 Å². The van der Waals surface area contributed by atoms with E-state index in [1.807, 2.05) is 0 Å². The van der Waals surface area contributed by atoms with Gasteiger partial charge >= 0.3 is 5.97 Å². The summed E-state index contributed by atoms with van der Waals surface area (Å²) in [7, 11) is 0. The molecule has 2 amide bonds. The molecule has 0 bridgehead atoms. The molecule has 0 aliphatic carbocycles. The molecule has 8 heteroatoms. The normalized spacial score (nSPS) is 11.0. The molecule has 0 saturated carbocycles. The molecule has 3 aromatic rings. The van der Waals surface area contributed by atoms with Crippen molar-refractivity contribution in [1.29, 1.82) is 0 Å². The van der Waals surface area contributed by atoms with Crippen LogP contribution in [0.3, 0.4) is 0 Å². The largest absolute Gasteiger partial charge is 0.465 e. The molecule has 0 unspecified atom stereocenters. The number of nitrogens with one attached hydrogen (secondary N) is 2. The summed E-state index contributed by atoms with van der Waals surface area (Å²) in [6, 6.07) is 19.0. The van der Waals surface area contributed by atoms with Crippen molar-refractivity contribution in [2.45, 2.75) is 11.8 Å². The van der Waals surface area contributed by atoms with Gasteiger partial charge < -0.3 is 19.8 Å². The molecule has 1 heterocycles. The first-order valence-electron chi connectivity index (χ1n) is 9.86. The number of carbonyl (C=O) groups is 3. The van der Waals surface area contributed by atoms with E-state index in [2.05, 4.69) is 10.6 Å². The molecule has 164 valence electrons. The Bertz CT molecular complexity index is 1080. The van der Waals surface area contributed by atoms with Crippen LogP contribution in [0.2, 0.25) is 0 Å². The summed E-state index contributed by atoms with van der Waals surface area (Å²) in [5.41, 5.74) is 0.998. The number of rotatable bonds is 9. The Hall–Kier alpha value is -3.78. The van der Waals surface area contributed by atoms with Crippen molar-refractivity contribution < 1.29 is 23.5 Å². The van der Waals surface area contributed by atoms with Crippen molar-refractivity contribution in [2.75, 3.05) is 17.7 Å². The minimum Gasteiger partial charge on any atom is -0.465 e. The van der Waals surface area contributed by atoms with Crippen LogP contribution in [0.5, 0.6) is 0 Å². The summed E-state index contributed by atoms with van der Waals surface area (Å²) in [4.78, 5) is 37.8. The molecular formula is C24H22N2O5S. The lowest BCUT2D eigenvalue weighted by molar-refractivity contribution is -0.139. The Morgan fingerprint density at radius 2 is 1.75 bits per heavy atom. The van der Waals surface area contributed by atoms with E-state index in [-0.39, 0.29) is 17.4 Å². The molecule has 32 heavy (non-hydrogen) atoms. The predicted octanol–water partition coefficient (Wildman–Crippen LogP) is 4.34. The van der Waals surface area contributed by atoms with Crippen LogP contribution < -0.4 is 10.6 Å². The molecule has 7 nitrogen and oxygen atoms in total. The van der Waals surface area contributed by atoms with E-state index in [1.165, 1.54) is 24.1 Å². The quantitative estimate of drug-likeness (QED) is 0.286. The molecule has 2 N–H and O–H groups in total. The maximum absolute atomic E-state index is 12.9. The van der Waals surface area contributed by atoms with Gasteiger partial charge in [0.05, 0.1) is 18.6 Å². The third-order valence-corrected chi connectivity index (χ3v) is 5.12. The molecule has 0 spiro atoms. The first-order valence-corrected chi connectivity index (χ1v) is 10.8. The van der Waals surface area contributed by atoms with E-state index >= 15 is 0 Å². The number of esters is 1. The first kappa shape index (κ1) is 22.9. The third kappa shape index (κ3) is 6.88. The number of thioether (sulfide) groups is 1. The highest BCUT2D eigenvalue weighted by atomic mass is 32.2. The maximum Gasteiger partial charge on any atom is 0.316 e. The number of amides is 2. The van der Waals surface area contributed by atoms with E-state index in [9.17, 15) is 14.4 Å². The highest BCUT2D eigenvalue weighted by Crippen LogP contribution is 2.21. The molecule has 0 fully saturated rings. The third-order valence-electron chi connectivity index (χ3n) is 4.13. The second kappa shape index (κ2) is 11.6. The molecule has 0 atom stereocenters. The summed E-state index contributed by atoms with van der Waals surface area (Å²) >= 11 is 1.34. The number of benzene rings is 2. The minimum absolute atomic E-state index is 0.0366. The summed E-state index contributed by atoms with van der Waals surface area (Å²) in [6.45, 7) is 2.11. The SMILES string of the molecule is CCOC(=O)CSc1ccc(NC(=O)/C(=C/c2ccco2)NC(=O)c2ccccc2)cc1. The van der Waals surface area contributed by atoms with Gasteiger partial charge in [0.25, 0.3) is 11.8 Å². The fourth-order valence-electron chi connectivity index (χ4n) is 2.64. The standard InChI is InChI=1S/C24H22N2O5S/c1-2-30-22(27)16-32-20-12-10-18(11-13-20)25-24(29)21(15-19-9-6-14-31-19)26-23(28)17-7-4-3-5-8-17/h3-15H,2,16H2,1H3,(H,25,29)(H,26,28)/b21-15-. The monoisotopic (exact) mass is 450 g/mol. The fourth-order valence-corrected chi connectivity index (χ4v) is 3.33. The molecule has 2 aromatic carbocycles. The number of anilines is 1. The van der Waals surface area contributed by atoms with Crippen LogP contribution in [0.25, 0.3) is 6.08 Å². The van der Waals surface area contributed by atoms with Crippen molar-refractivity contribution in [3.63, 3.8) is 0 Å². The van der Waals surface area contributed by atoms with Crippen LogP contribution in [0, 0.1) is 0 Å². The average molecular weight is 451 g/mol. The zero-order valence-electron chi connectivity index (χ0n) is 17.4. The molecule has 1 aromatic heterocycles. The van der Waals surface area contributed by atoms with Crippen LogP contribution in [-0.4, -0.2) is 30.1 Å². The van der Waals surface area contributed by atoms with Crippen LogP contribution >= 0.6 is 11.8 Å². The highest BCUT2D eigenvalue weighted by molar-refractivity contribution is 8.00. The van der Waals surface area contributed by atoms with Crippen molar-refractivity contribution in [2.24, 2.45) is 0 Å². The molecule has 0 aliphatic rings. The van der Waals surface area contributed by atoms with E-state index < -0.39 is 11.8 Å². The summed E-state index contributed by atoms with van der Waals surface area (Å²) in [5.74, 6) is -0.561. The molecule has 0 saturated heterocycles. The van der Waals surface area contributed by atoms with E-state index in [0.29, 0.717) is 23.6 Å². The molecule has 0 aliphatic heterocycles. The van der Waals surface area contributed by atoms with Gasteiger partial charge in [0.2, 0.25) is 0 Å². The van der Waals surface area contributed by atoms with Crippen molar-refractivity contribution >= 4 is 41.3 Å². The van der Waals surface area contributed by atoms with Gasteiger partial charge in [-0.3, -0.25) is 14.4 Å². The lowest BCUT2D eigenvalue weighted by Crippen LogP contribution is -2.30. The van der Waals surface area contributed by atoms with Gasteiger partial charge in [-0.2, -0.15) is 0 Å². The van der Waals surface area contributed by atoms with Gasteiger partial charge in [-0.05, 0) is 55.5 Å². The molecule has 3 rings (SSSR count). The predicted molar refractivity (Wildman–Crippen MR) is 123 cm³/mol. The van der Waals surface area contributed by atoms with Crippen molar-refractivity contribution in [1.82, 2.24) is 5.32 Å². The van der Waals surface area contributed by atoms with Gasteiger partial charge in [-0.25, -0.2) is 0 Å². The Morgan fingerprint density at radius 3 is 2.41 bits per heavy atom. The summed E-state index contributed by atoms with van der Waals surface area (Å²) < 4.78 is 10.2.